The standard InChI is InChI=1S/C22H34N4O2.HI/c1-23-21(25-17-22(10-4-11-22)12-14-28-2)24-15-18-6-8-19(9-7-18)16-26-13-3-5-20(26)27;/h6-9H,3-5,10-17H2,1-2H3,(H2,23,24,25);1H. The number of ether oxygens (including phenoxy) is 1. The van der Waals surface area contributed by atoms with Gasteiger partial charge in [-0.3, -0.25) is 9.79 Å². The molecule has 29 heavy (non-hydrogen) atoms. The number of halogens is 1. The van der Waals surface area contributed by atoms with Gasteiger partial charge in [0.25, 0.3) is 0 Å². The van der Waals surface area contributed by atoms with Crippen molar-refractivity contribution < 1.29 is 9.53 Å². The first kappa shape index (κ1) is 23.9. The quantitative estimate of drug-likeness (QED) is 0.302. The lowest BCUT2D eigenvalue weighted by molar-refractivity contribution is -0.128. The number of guanidine groups is 1. The molecular formula is C22H35IN4O2. The monoisotopic (exact) mass is 514 g/mol. The SMILES string of the molecule is CN=C(NCc1ccc(CN2CCCC2=O)cc1)NCC1(CCOC)CCC1.I. The third-order valence-corrected chi connectivity index (χ3v) is 6.13. The number of carbonyl (C=O) groups excluding carboxylic acids is 1. The summed E-state index contributed by atoms with van der Waals surface area (Å²) in [6.07, 6.45) is 6.63. The van der Waals surface area contributed by atoms with Crippen molar-refractivity contribution in [2.75, 3.05) is 33.9 Å². The van der Waals surface area contributed by atoms with E-state index >= 15 is 0 Å². The van der Waals surface area contributed by atoms with Crippen LogP contribution in [0.1, 0.15) is 49.7 Å². The summed E-state index contributed by atoms with van der Waals surface area (Å²) in [5.74, 6) is 1.12. The van der Waals surface area contributed by atoms with E-state index in [1.165, 1.54) is 30.4 Å². The number of hydrogen-bond donors (Lipinski definition) is 2. The number of methoxy groups -OCH3 is 1. The maximum atomic E-state index is 11.8. The summed E-state index contributed by atoms with van der Waals surface area (Å²) in [5.41, 5.74) is 2.76. The summed E-state index contributed by atoms with van der Waals surface area (Å²) in [6.45, 7) is 4.10. The molecule has 2 aliphatic rings. The first-order valence-corrected chi connectivity index (χ1v) is 10.4. The number of aliphatic imine (C=N–C) groups is 1. The van der Waals surface area contributed by atoms with Crippen LogP contribution in [0.2, 0.25) is 0 Å². The minimum absolute atomic E-state index is 0. The minimum Gasteiger partial charge on any atom is -0.385 e. The molecule has 0 spiro atoms. The van der Waals surface area contributed by atoms with Crippen LogP contribution in [0.5, 0.6) is 0 Å². The lowest BCUT2D eigenvalue weighted by Crippen LogP contribution is -2.46. The third-order valence-electron chi connectivity index (χ3n) is 6.13. The Labute approximate surface area is 191 Å². The molecule has 0 bridgehead atoms. The van der Waals surface area contributed by atoms with Crippen LogP contribution >= 0.6 is 24.0 Å². The highest BCUT2D eigenvalue weighted by atomic mass is 127. The number of carbonyl (C=O) groups is 1. The van der Waals surface area contributed by atoms with Crippen molar-refractivity contribution in [1.82, 2.24) is 15.5 Å². The minimum atomic E-state index is 0. The van der Waals surface area contributed by atoms with Gasteiger partial charge in [-0.1, -0.05) is 30.7 Å². The topological polar surface area (TPSA) is 66.0 Å². The molecule has 1 heterocycles. The maximum absolute atomic E-state index is 11.8. The van der Waals surface area contributed by atoms with Gasteiger partial charge in [-0.2, -0.15) is 0 Å². The molecule has 3 rings (SSSR count). The Morgan fingerprint density at radius 1 is 1.17 bits per heavy atom. The van der Waals surface area contributed by atoms with Crippen LogP contribution in [0.15, 0.2) is 29.3 Å². The molecule has 0 unspecified atom stereocenters. The molecule has 1 aromatic carbocycles. The molecule has 2 fully saturated rings. The van der Waals surface area contributed by atoms with Crippen LogP contribution in [0.4, 0.5) is 0 Å². The summed E-state index contributed by atoms with van der Waals surface area (Å²) in [7, 11) is 3.59. The number of hydrogen-bond acceptors (Lipinski definition) is 3. The summed E-state index contributed by atoms with van der Waals surface area (Å²) < 4.78 is 5.27. The van der Waals surface area contributed by atoms with E-state index < -0.39 is 0 Å². The number of likely N-dealkylation sites (tertiary alicyclic amines) is 1. The van der Waals surface area contributed by atoms with Gasteiger partial charge in [-0.15, -0.1) is 24.0 Å². The van der Waals surface area contributed by atoms with Gasteiger partial charge in [0.2, 0.25) is 5.91 Å². The summed E-state index contributed by atoms with van der Waals surface area (Å²) >= 11 is 0. The van der Waals surface area contributed by atoms with Crippen molar-refractivity contribution in [2.45, 2.75) is 51.6 Å². The Balaban J connectivity index is 0.00000300. The smallest absolute Gasteiger partial charge is 0.222 e. The van der Waals surface area contributed by atoms with E-state index in [1.807, 2.05) is 11.9 Å². The van der Waals surface area contributed by atoms with Gasteiger partial charge >= 0.3 is 0 Å². The summed E-state index contributed by atoms with van der Waals surface area (Å²) in [4.78, 5) is 18.1. The summed E-state index contributed by atoms with van der Waals surface area (Å²) in [5, 5.41) is 6.90. The van der Waals surface area contributed by atoms with E-state index in [1.54, 1.807) is 7.11 Å². The fourth-order valence-electron chi connectivity index (χ4n) is 4.04. The molecule has 0 atom stereocenters. The Bertz CT molecular complexity index is 674. The van der Waals surface area contributed by atoms with Crippen molar-refractivity contribution in [3.05, 3.63) is 35.4 Å². The molecular weight excluding hydrogens is 479 g/mol. The predicted molar refractivity (Wildman–Crippen MR) is 127 cm³/mol. The van der Waals surface area contributed by atoms with Gasteiger partial charge in [0.05, 0.1) is 0 Å². The lowest BCUT2D eigenvalue weighted by Gasteiger charge is -2.42. The second kappa shape index (κ2) is 11.7. The zero-order valence-electron chi connectivity index (χ0n) is 17.7. The second-order valence-electron chi connectivity index (χ2n) is 8.11. The third kappa shape index (κ3) is 6.84. The average molecular weight is 514 g/mol. The molecule has 2 N–H and O–H groups in total. The van der Waals surface area contributed by atoms with Crippen molar-refractivity contribution >= 4 is 35.8 Å². The van der Waals surface area contributed by atoms with Gasteiger partial charge in [0, 0.05) is 53.4 Å². The average Bonchev–Trinajstić information content (AvgIpc) is 3.08. The zero-order valence-corrected chi connectivity index (χ0v) is 20.0. The first-order valence-electron chi connectivity index (χ1n) is 10.4. The van der Waals surface area contributed by atoms with E-state index in [-0.39, 0.29) is 29.9 Å². The van der Waals surface area contributed by atoms with Crippen molar-refractivity contribution in [3.8, 4) is 0 Å². The van der Waals surface area contributed by atoms with Gasteiger partial charge < -0.3 is 20.3 Å². The van der Waals surface area contributed by atoms with Gasteiger partial charge in [0.1, 0.15) is 0 Å². The molecule has 6 nitrogen and oxygen atoms in total. The van der Waals surface area contributed by atoms with Crippen molar-refractivity contribution in [2.24, 2.45) is 10.4 Å². The van der Waals surface area contributed by atoms with Crippen LogP contribution in [0.3, 0.4) is 0 Å². The van der Waals surface area contributed by atoms with Crippen LogP contribution in [0.25, 0.3) is 0 Å². The summed E-state index contributed by atoms with van der Waals surface area (Å²) in [6, 6.07) is 8.49. The van der Waals surface area contributed by atoms with E-state index in [2.05, 4.69) is 39.9 Å². The Hall–Kier alpha value is -1.35. The number of rotatable bonds is 9. The van der Waals surface area contributed by atoms with Crippen LogP contribution < -0.4 is 10.6 Å². The molecule has 1 saturated heterocycles. The number of benzene rings is 1. The molecule has 1 aliphatic carbocycles. The highest BCUT2D eigenvalue weighted by Crippen LogP contribution is 2.43. The number of nitrogens with zero attached hydrogens (tertiary/aromatic N) is 2. The van der Waals surface area contributed by atoms with E-state index in [0.29, 0.717) is 11.8 Å². The molecule has 0 aromatic heterocycles. The zero-order chi connectivity index (χ0) is 19.8. The Morgan fingerprint density at radius 3 is 2.45 bits per heavy atom. The number of nitrogens with one attached hydrogen (secondary N) is 2. The largest absolute Gasteiger partial charge is 0.385 e. The van der Waals surface area contributed by atoms with Crippen molar-refractivity contribution in [1.29, 1.82) is 0 Å². The maximum Gasteiger partial charge on any atom is 0.222 e. The van der Waals surface area contributed by atoms with E-state index in [4.69, 9.17) is 4.74 Å². The van der Waals surface area contributed by atoms with Crippen LogP contribution in [-0.2, 0) is 22.6 Å². The van der Waals surface area contributed by atoms with Gasteiger partial charge in [-0.25, -0.2) is 0 Å². The molecule has 1 amide bonds. The molecule has 1 saturated carbocycles. The number of amides is 1. The Kier molecular flexibility index (Phi) is 9.68. The van der Waals surface area contributed by atoms with Crippen LogP contribution in [0, 0.1) is 5.41 Å². The van der Waals surface area contributed by atoms with E-state index in [0.717, 1.165) is 51.6 Å². The fourth-order valence-corrected chi connectivity index (χ4v) is 4.04. The second-order valence-corrected chi connectivity index (χ2v) is 8.11. The fraction of sp³-hybridized carbons (Fsp3) is 0.636. The highest BCUT2D eigenvalue weighted by molar-refractivity contribution is 14.0. The van der Waals surface area contributed by atoms with Gasteiger partial charge in [-0.05, 0) is 42.2 Å². The normalized spacial score (nSPS) is 18.2. The lowest BCUT2D eigenvalue weighted by atomic mass is 9.67. The predicted octanol–water partition coefficient (Wildman–Crippen LogP) is 3.30. The molecule has 0 radical (unpaired) electrons. The van der Waals surface area contributed by atoms with Crippen molar-refractivity contribution in [3.63, 3.8) is 0 Å². The molecule has 1 aromatic rings. The molecule has 7 heteroatoms. The van der Waals surface area contributed by atoms with Crippen LogP contribution in [-0.4, -0.2) is 50.6 Å². The molecule has 162 valence electrons. The highest BCUT2D eigenvalue weighted by Gasteiger charge is 2.36. The Morgan fingerprint density at radius 2 is 1.90 bits per heavy atom. The van der Waals surface area contributed by atoms with E-state index in [9.17, 15) is 4.79 Å². The van der Waals surface area contributed by atoms with Gasteiger partial charge in [0.15, 0.2) is 5.96 Å². The first-order chi connectivity index (χ1) is 13.6. The molecule has 1 aliphatic heterocycles.